The summed E-state index contributed by atoms with van der Waals surface area (Å²) < 4.78 is 5.95. The second-order valence-corrected chi connectivity index (χ2v) is 5.25. The summed E-state index contributed by atoms with van der Waals surface area (Å²) in [4.78, 5) is 0. The number of ether oxygens (including phenoxy) is 1. The lowest BCUT2D eigenvalue weighted by molar-refractivity contribution is 0.140. The van der Waals surface area contributed by atoms with Crippen molar-refractivity contribution < 1.29 is 4.74 Å². The van der Waals surface area contributed by atoms with Crippen LogP contribution in [0.2, 0.25) is 5.02 Å². The second-order valence-electron chi connectivity index (χ2n) is 4.84. The zero-order chi connectivity index (χ0) is 13.0. The Morgan fingerprint density at radius 1 is 1.33 bits per heavy atom. The quantitative estimate of drug-likeness (QED) is 0.825. The molecule has 0 amide bonds. The van der Waals surface area contributed by atoms with Crippen LogP contribution in [-0.2, 0) is 0 Å². The monoisotopic (exact) mass is 268 g/mol. The van der Waals surface area contributed by atoms with Gasteiger partial charge in [0.05, 0.1) is 11.1 Å². The van der Waals surface area contributed by atoms with Crippen molar-refractivity contribution in [3.05, 3.63) is 23.2 Å². The molecule has 100 valence electrons. The van der Waals surface area contributed by atoms with E-state index in [4.69, 9.17) is 22.1 Å². The first-order chi connectivity index (χ1) is 8.69. The van der Waals surface area contributed by atoms with Crippen LogP contribution in [0, 0.1) is 0 Å². The first kappa shape index (κ1) is 13.5. The van der Waals surface area contributed by atoms with Crippen molar-refractivity contribution in [2.24, 2.45) is 0 Å². The molecule has 0 heterocycles. The highest BCUT2D eigenvalue weighted by Crippen LogP contribution is 2.30. The Kier molecular flexibility index (Phi) is 4.72. The molecule has 0 aromatic heterocycles. The van der Waals surface area contributed by atoms with E-state index in [0.717, 1.165) is 25.1 Å². The maximum Gasteiger partial charge on any atom is 0.138 e. The van der Waals surface area contributed by atoms with Gasteiger partial charge in [-0.05, 0) is 50.4 Å². The Morgan fingerprint density at radius 3 is 2.67 bits per heavy atom. The smallest absolute Gasteiger partial charge is 0.138 e. The van der Waals surface area contributed by atoms with Gasteiger partial charge in [-0.1, -0.05) is 18.5 Å². The Hall–Kier alpha value is -0.930. The van der Waals surface area contributed by atoms with Crippen molar-refractivity contribution in [1.82, 2.24) is 5.32 Å². The van der Waals surface area contributed by atoms with Gasteiger partial charge in [0, 0.05) is 11.7 Å². The number of benzene rings is 1. The van der Waals surface area contributed by atoms with Crippen LogP contribution in [-0.4, -0.2) is 18.7 Å². The first-order valence-electron chi connectivity index (χ1n) is 6.64. The molecule has 1 aromatic carbocycles. The second kappa shape index (κ2) is 6.30. The number of halogens is 1. The predicted molar refractivity (Wildman–Crippen MR) is 76.2 cm³/mol. The Morgan fingerprint density at radius 2 is 2.06 bits per heavy atom. The summed E-state index contributed by atoms with van der Waals surface area (Å²) in [6, 6.07) is 6.07. The molecule has 0 spiro atoms. The number of anilines is 1. The fourth-order valence-corrected chi connectivity index (χ4v) is 2.70. The molecular formula is C14H21ClN2O. The fourth-order valence-electron chi connectivity index (χ4n) is 2.47. The van der Waals surface area contributed by atoms with Gasteiger partial charge in [0.2, 0.25) is 0 Å². The van der Waals surface area contributed by atoms with Gasteiger partial charge in [-0.15, -0.1) is 0 Å². The molecule has 0 bridgehead atoms. The van der Waals surface area contributed by atoms with Crippen LogP contribution >= 0.6 is 11.6 Å². The Bertz CT molecular complexity index is 389. The SMILES string of the molecule is CCNC1CCC(Oc2ccc(N)cc2Cl)CC1. The molecule has 0 aliphatic heterocycles. The summed E-state index contributed by atoms with van der Waals surface area (Å²) in [5.41, 5.74) is 6.33. The molecule has 0 atom stereocenters. The van der Waals surface area contributed by atoms with Crippen LogP contribution < -0.4 is 15.8 Å². The predicted octanol–water partition coefficient (Wildman–Crippen LogP) is 3.22. The van der Waals surface area contributed by atoms with Crippen LogP contribution in [0.25, 0.3) is 0 Å². The molecular weight excluding hydrogens is 248 g/mol. The molecule has 4 heteroatoms. The zero-order valence-corrected chi connectivity index (χ0v) is 11.5. The number of rotatable bonds is 4. The number of nitrogen functional groups attached to an aromatic ring is 1. The summed E-state index contributed by atoms with van der Waals surface area (Å²) in [5, 5.41) is 4.09. The normalized spacial score (nSPS) is 23.9. The minimum atomic E-state index is 0.279. The highest BCUT2D eigenvalue weighted by Gasteiger charge is 2.22. The van der Waals surface area contributed by atoms with E-state index < -0.39 is 0 Å². The zero-order valence-electron chi connectivity index (χ0n) is 10.8. The third kappa shape index (κ3) is 3.53. The number of nitrogens with two attached hydrogens (primary N) is 1. The fraction of sp³-hybridized carbons (Fsp3) is 0.571. The van der Waals surface area contributed by atoms with Crippen LogP contribution in [0.4, 0.5) is 5.69 Å². The molecule has 1 aliphatic rings. The van der Waals surface area contributed by atoms with Gasteiger partial charge in [-0.3, -0.25) is 0 Å². The Balaban J connectivity index is 1.87. The minimum Gasteiger partial charge on any atom is -0.489 e. The van der Waals surface area contributed by atoms with Crippen molar-refractivity contribution in [3.8, 4) is 5.75 Å². The van der Waals surface area contributed by atoms with Gasteiger partial charge in [0.15, 0.2) is 0 Å². The molecule has 18 heavy (non-hydrogen) atoms. The molecule has 1 fully saturated rings. The van der Waals surface area contributed by atoms with Gasteiger partial charge in [0.1, 0.15) is 5.75 Å². The molecule has 3 nitrogen and oxygen atoms in total. The number of hydrogen-bond donors (Lipinski definition) is 2. The molecule has 1 saturated carbocycles. The molecule has 3 N–H and O–H groups in total. The van der Waals surface area contributed by atoms with Crippen LogP contribution in [0.5, 0.6) is 5.75 Å². The standard InChI is InChI=1S/C14H21ClN2O/c1-2-17-11-4-6-12(7-5-11)18-14-8-3-10(16)9-13(14)15/h3,8-9,11-12,17H,2,4-7,16H2,1H3. The summed E-state index contributed by atoms with van der Waals surface area (Å²) in [6.45, 7) is 3.19. The van der Waals surface area contributed by atoms with Gasteiger partial charge in [-0.25, -0.2) is 0 Å². The van der Waals surface area contributed by atoms with Crippen LogP contribution in [0.3, 0.4) is 0 Å². The third-order valence-corrected chi connectivity index (χ3v) is 3.71. The third-order valence-electron chi connectivity index (χ3n) is 3.42. The lowest BCUT2D eigenvalue weighted by atomic mass is 9.93. The van der Waals surface area contributed by atoms with Crippen molar-refractivity contribution in [3.63, 3.8) is 0 Å². The average molecular weight is 269 g/mol. The van der Waals surface area contributed by atoms with E-state index in [9.17, 15) is 0 Å². The average Bonchev–Trinajstić information content (AvgIpc) is 2.35. The maximum absolute atomic E-state index is 6.11. The van der Waals surface area contributed by atoms with E-state index in [-0.39, 0.29) is 6.10 Å². The van der Waals surface area contributed by atoms with Crippen molar-refractivity contribution in [1.29, 1.82) is 0 Å². The summed E-state index contributed by atoms with van der Waals surface area (Å²) in [6.07, 6.45) is 4.79. The molecule has 0 unspecified atom stereocenters. The summed E-state index contributed by atoms with van der Waals surface area (Å²) >= 11 is 6.11. The molecule has 0 saturated heterocycles. The lowest BCUT2D eigenvalue weighted by Crippen LogP contribution is -2.36. The van der Waals surface area contributed by atoms with Gasteiger partial charge in [-0.2, -0.15) is 0 Å². The lowest BCUT2D eigenvalue weighted by Gasteiger charge is -2.29. The van der Waals surface area contributed by atoms with E-state index in [2.05, 4.69) is 12.2 Å². The van der Waals surface area contributed by atoms with E-state index in [1.54, 1.807) is 6.07 Å². The number of nitrogens with one attached hydrogen (secondary N) is 1. The number of hydrogen-bond acceptors (Lipinski definition) is 3. The minimum absolute atomic E-state index is 0.279. The summed E-state index contributed by atoms with van der Waals surface area (Å²) in [5.74, 6) is 0.748. The Labute approximate surface area is 114 Å². The topological polar surface area (TPSA) is 47.3 Å². The molecule has 1 aliphatic carbocycles. The van der Waals surface area contributed by atoms with E-state index in [1.165, 1.54) is 12.8 Å². The highest BCUT2D eigenvalue weighted by atomic mass is 35.5. The van der Waals surface area contributed by atoms with Gasteiger partial charge in [0.25, 0.3) is 0 Å². The van der Waals surface area contributed by atoms with Gasteiger partial charge < -0.3 is 15.8 Å². The maximum atomic E-state index is 6.11. The molecule has 1 aromatic rings. The van der Waals surface area contributed by atoms with Gasteiger partial charge >= 0.3 is 0 Å². The van der Waals surface area contributed by atoms with E-state index in [0.29, 0.717) is 16.8 Å². The largest absolute Gasteiger partial charge is 0.489 e. The van der Waals surface area contributed by atoms with Crippen LogP contribution in [0.1, 0.15) is 32.6 Å². The van der Waals surface area contributed by atoms with E-state index >= 15 is 0 Å². The van der Waals surface area contributed by atoms with Crippen molar-refractivity contribution in [2.75, 3.05) is 12.3 Å². The van der Waals surface area contributed by atoms with Crippen molar-refractivity contribution in [2.45, 2.75) is 44.8 Å². The first-order valence-corrected chi connectivity index (χ1v) is 7.02. The van der Waals surface area contributed by atoms with Crippen molar-refractivity contribution >= 4 is 17.3 Å². The molecule has 2 rings (SSSR count). The summed E-state index contributed by atoms with van der Waals surface area (Å²) in [7, 11) is 0. The highest BCUT2D eigenvalue weighted by molar-refractivity contribution is 6.32. The van der Waals surface area contributed by atoms with Crippen LogP contribution in [0.15, 0.2) is 18.2 Å². The molecule has 0 radical (unpaired) electrons. The van der Waals surface area contributed by atoms with E-state index in [1.807, 2.05) is 12.1 Å².